The normalized spacial score (nSPS) is 15.0. The third-order valence-corrected chi connectivity index (χ3v) is 5.46. The molecule has 1 aliphatic rings. The Balaban J connectivity index is 1.43. The van der Waals surface area contributed by atoms with Gasteiger partial charge in [0, 0.05) is 27.1 Å². The number of fused-ring (bicyclic) bond motifs is 1. The molecule has 1 unspecified atom stereocenters. The lowest BCUT2D eigenvalue weighted by Gasteiger charge is -2.24. The number of hydrogen-bond acceptors (Lipinski definition) is 5. The summed E-state index contributed by atoms with van der Waals surface area (Å²) < 4.78 is 19.4. The van der Waals surface area contributed by atoms with Gasteiger partial charge in [0.25, 0.3) is 0 Å². The zero-order valence-electron chi connectivity index (χ0n) is 16.6. The van der Waals surface area contributed by atoms with Crippen molar-refractivity contribution in [3.63, 3.8) is 0 Å². The predicted molar refractivity (Wildman–Crippen MR) is 115 cm³/mol. The number of Topliss-reactive ketones (excluding diaryl/α,β-unsaturated/α-hetero) is 1. The van der Waals surface area contributed by atoms with Crippen molar-refractivity contribution in [1.29, 1.82) is 0 Å². The smallest absolute Gasteiger partial charge is 0.351 e. The van der Waals surface area contributed by atoms with Gasteiger partial charge in [-0.25, -0.2) is 4.79 Å². The van der Waals surface area contributed by atoms with Crippen molar-refractivity contribution in [3.8, 4) is 17.2 Å². The Bertz CT molecular complexity index is 1100. The molecule has 30 heavy (non-hydrogen) atoms. The average molecular weight is 470 g/mol. The van der Waals surface area contributed by atoms with Gasteiger partial charge in [-0.15, -0.1) is 0 Å². The van der Waals surface area contributed by atoms with Crippen LogP contribution < -0.4 is 9.47 Å². The van der Waals surface area contributed by atoms with Gasteiger partial charge >= 0.3 is 5.97 Å². The molecule has 1 aromatic heterocycles. The summed E-state index contributed by atoms with van der Waals surface area (Å²) in [6, 6.07) is 16.7. The van der Waals surface area contributed by atoms with Crippen molar-refractivity contribution >= 4 is 27.7 Å². The number of ether oxygens (including phenoxy) is 3. The van der Waals surface area contributed by atoms with Crippen molar-refractivity contribution in [3.05, 3.63) is 76.0 Å². The molecule has 7 heteroatoms. The minimum atomic E-state index is -0.900. The lowest BCUT2D eigenvalue weighted by atomic mass is 10.1. The number of aryl methyl sites for hydroxylation is 1. The highest BCUT2D eigenvalue weighted by Crippen LogP contribution is 2.31. The molecule has 4 rings (SSSR count). The molecule has 0 spiro atoms. The molecular weight excluding hydrogens is 450 g/mol. The Morgan fingerprint density at radius 2 is 1.80 bits per heavy atom. The Morgan fingerprint density at radius 1 is 1.10 bits per heavy atom. The van der Waals surface area contributed by atoms with E-state index in [0.717, 1.165) is 21.5 Å². The molecule has 3 aromatic rings. The summed E-state index contributed by atoms with van der Waals surface area (Å²) >= 11 is 3.43. The maximum atomic E-state index is 12.7. The summed E-state index contributed by atoms with van der Waals surface area (Å²) in [5.74, 6) is 0.171. The highest BCUT2D eigenvalue weighted by molar-refractivity contribution is 9.10. The van der Waals surface area contributed by atoms with E-state index in [-0.39, 0.29) is 19.0 Å². The first kappa shape index (κ1) is 20.2. The number of para-hydroxylation sites is 2. The van der Waals surface area contributed by atoms with E-state index in [1.54, 1.807) is 18.2 Å². The molecule has 0 saturated heterocycles. The molecule has 0 amide bonds. The van der Waals surface area contributed by atoms with E-state index >= 15 is 0 Å². The number of ketones is 1. The van der Waals surface area contributed by atoms with E-state index < -0.39 is 12.1 Å². The predicted octanol–water partition coefficient (Wildman–Crippen LogP) is 4.42. The maximum Gasteiger partial charge on any atom is 0.351 e. The van der Waals surface area contributed by atoms with Gasteiger partial charge in [0.05, 0.1) is 0 Å². The van der Waals surface area contributed by atoms with Gasteiger partial charge in [0.15, 0.2) is 18.1 Å². The van der Waals surface area contributed by atoms with Crippen LogP contribution in [0.4, 0.5) is 0 Å². The third kappa shape index (κ3) is 3.98. The molecule has 0 N–H and O–H groups in total. The van der Waals surface area contributed by atoms with Crippen LogP contribution >= 0.6 is 15.9 Å². The highest BCUT2D eigenvalue weighted by atomic mass is 79.9. The van der Waals surface area contributed by atoms with Crippen molar-refractivity contribution < 1.29 is 23.8 Å². The van der Waals surface area contributed by atoms with Crippen molar-refractivity contribution in [2.75, 3.05) is 13.2 Å². The first-order valence-electron chi connectivity index (χ1n) is 9.47. The summed E-state index contributed by atoms with van der Waals surface area (Å²) in [7, 11) is 0. The molecule has 2 heterocycles. The van der Waals surface area contributed by atoms with E-state index in [1.165, 1.54) is 0 Å². The van der Waals surface area contributed by atoms with Crippen LogP contribution in [0, 0.1) is 13.8 Å². The molecule has 0 fully saturated rings. The molecule has 2 aromatic carbocycles. The number of carbonyl (C=O) groups is 2. The van der Waals surface area contributed by atoms with E-state index in [4.69, 9.17) is 14.2 Å². The Kier molecular flexibility index (Phi) is 5.63. The molecule has 6 nitrogen and oxygen atoms in total. The van der Waals surface area contributed by atoms with Gasteiger partial charge < -0.3 is 18.8 Å². The molecule has 0 radical (unpaired) electrons. The van der Waals surface area contributed by atoms with Crippen LogP contribution in [-0.4, -0.2) is 35.6 Å². The fourth-order valence-corrected chi connectivity index (χ4v) is 3.74. The van der Waals surface area contributed by atoms with Gasteiger partial charge in [-0.1, -0.05) is 28.1 Å². The lowest BCUT2D eigenvalue weighted by Crippen LogP contribution is -2.38. The van der Waals surface area contributed by atoms with Crippen molar-refractivity contribution in [2.45, 2.75) is 20.0 Å². The maximum absolute atomic E-state index is 12.7. The number of rotatable bonds is 5. The minimum Gasteiger partial charge on any atom is -0.485 e. The standard InChI is InChI=1S/C23H20BrNO5/c1-14-11-18(15(2)25(14)17-9-7-16(24)8-10-17)19(26)12-29-23(27)22-13-28-20-5-3-4-6-21(20)30-22/h3-11,22H,12-13H2,1-2H3. The number of halogens is 1. The minimum absolute atomic E-state index is 0.0438. The number of benzene rings is 2. The second kappa shape index (κ2) is 8.36. The van der Waals surface area contributed by atoms with Crippen molar-refractivity contribution in [2.24, 2.45) is 0 Å². The number of hydrogen-bond donors (Lipinski definition) is 0. The Labute approximate surface area is 182 Å². The summed E-state index contributed by atoms with van der Waals surface area (Å²) in [5.41, 5.74) is 3.19. The largest absolute Gasteiger partial charge is 0.485 e. The van der Waals surface area contributed by atoms with Crippen LogP contribution in [0.25, 0.3) is 5.69 Å². The molecular formula is C23H20BrNO5. The molecule has 0 aliphatic carbocycles. The van der Waals surface area contributed by atoms with Gasteiger partial charge in [0.1, 0.15) is 6.61 Å². The van der Waals surface area contributed by atoms with Gasteiger partial charge in [-0.2, -0.15) is 0 Å². The van der Waals surface area contributed by atoms with E-state index in [9.17, 15) is 9.59 Å². The zero-order valence-corrected chi connectivity index (χ0v) is 18.1. The van der Waals surface area contributed by atoms with E-state index in [1.807, 2.05) is 54.8 Å². The Morgan fingerprint density at radius 3 is 2.53 bits per heavy atom. The van der Waals surface area contributed by atoms with Gasteiger partial charge in [-0.05, 0) is 56.3 Å². The summed E-state index contributed by atoms with van der Waals surface area (Å²) in [4.78, 5) is 25.1. The monoisotopic (exact) mass is 469 g/mol. The van der Waals surface area contributed by atoms with Crippen LogP contribution in [-0.2, 0) is 9.53 Å². The third-order valence-electron chi connectivity index (χ3n) is 4.93. The number of nitrogens with zero attached hydrogens (tertiary/aromatic N) is 1. The summed E-state index contributed by atoms with van der Waals surface area (Å²) in [6.45, 7) is 3.49. The number of esters is 1. The molecule has 0 saturated carbocycles. The molecule has 1 aliphatic heterocycles. The first-order valence-corrected chi connectivity index (χ1v) is 10.3. The summed E-state index contributed by atoms with van der Waals surface area (Å²) in [5, 5.41) is 0. The van der Waals surface area contributed by atoms with Gasteiger partial charge in [-0.3, -0.25) is 4.79 Å². The molecule has 0 bridgehead atoms. The van der Waals surface area contributed by atoms with Crippen LogP contribution in [0.5, 0.6) is 11.5 Å². The number of aromatic nitrogens is 1. The first-order chi connectivity index (χ1) is 14.4. The average Bonchev–Trinajstić information content (AvgIpc) is 3.06. The molecule has 154 valence electrons. The van der Waals surface area contributed by atoms with Crippen molar-refractivity contribution in [1.82, 2.24) is 4.57 Å². The quantitative estimate of drug-likeness (QED) is 0.408. The fraction of sp³-hybridized carbons (Fsp3) is 0.217. The topological polar surface area (TPSA) is 66.8 Å². The van der Waals surface area contributed by atoms with Crippen LogP contribution in [0.3, 0.4) is 0 Å². The summed E-state index contributed by atoms with van der Waals surface area (Å²) in [6.07, 6.45) is -0.900. The van der Waals surface area contributed by atoms with Gasteiger partial charge in [0.2, 0.25) is 11.9 Å². The zero-order chi connectivity index (χ0) is 21.3. The molecule has 1 atom stereocenters. The van der Waals surface area contributed by atoms with Crippen LogP contribution in [0.1, 0.15) is 21.7 Å². The van der Waals surface area contributed by atoms with Crippen LogP contribution in [0.15, 0.2) is 59.1 Å². The number of carbonyl (C=O) groups excluding carboxylic acids is 2. The lowest BCUT2D eigenvalue weighted by molar-refractivity contribution is -0.153. The van der Waals surface area contributed by atoms with Crippen LogP contribution in [0.2, 0.25) is 0 Å². The second-order valence-electron chi connectivity index (χ2n) is 6.99. The van der Waals surface area contributed by atoms with E-state index in [0.29, 0.717) is 17.1 Å². The fourth-order valence-electron chi connectivity index (χ4n) is 3.48. The second-order valence-corrected chi connectivity index (χ2v) is 7.91. The SMILES string of the molecule is Cc1cc(C(=O)COC(=O)C2COc3ccccc3O2)c(C)n1-c1ccc(Br)cc1. The van der Waals surface area contributed by atoms with E-state index in [2.05, 4.69) is 15.9 Å². The Hall–Kier alpha value is -3.06. The highest BCUT2D eigenvalue weighted by Gasteiger charge is 2.29.